The Kier molecular flexibility index (Phi) is 6.69. The summed E-state index contributed by atoms with van der Waals surface area (Å²) in [6.07, 6.45) is 1.76. The van der Waals surface area contributed by atoms with E-state index in [9.17, 15) is 4.79 Å². The van der Waals surface area contributed by atoms with E-state index < -0.39 is 6.10 Å². The largest absolute Gasteiger partial charge is 0.493 e. The number of nitrogens with two attached hydrogens (primary N) is 1. The topological polar surface area (TPSA) is 92.0 Å². The zero-order chi connectivity index (χ0) is 17.5. The lowest BCUT2D eigenvalue weighted by Crippen LogP contribution is -2.36. The Labute approximate surface area is 142 Å². The van der Waals surface area contributed by atoms with E-state index in [2.05, 4.69) is 5.32 Å². The summed E-state index contributed by atoms with van der Waals surface area (Å²) in [4.78, 5) is 12.1. The zero-order valence-electron chi connectivity index (χ0n) is 14.5. The molecule has 1 amide bonds. The number of amides is 1. The normalized spacial score (nSPS) is 19.8. The van der Waals surface area contributed by atoms with Gasteiger partial charge in [-0.2, -0.15) is 0 Å². The van der Waals surface area contributed by atoms with Crippen molar-refractivity contribution in [3.8, 4) is 17.2 Å². The first-order valence-corrected chi connectivity index (χ1v) is 8.05. The van der Waals surface area contributed by atoms with Gasteiger partial charge in [0, 0.05) is 18.7 Å². The van der Waals surface area contributed by atoms with Crippen molar-refractivity contribution in [1.82, 2.24) is 5.32 Å². The average molecular weight is 338 g/mol. The monoisotopic (exact) mass is 338 g/mol. The second kappa shape index (κ2) is 8.75. The number of rotatable bonds is 8. The molecular formula is C17H26N2O5. The lowest BCUT2D eigenvalue weighted by atomic mass is 10.1. The number of hydrogen-bond donors (Lipinski definition) is 2. The van der Waals surface area contributed by atoms with Gasteiger partial charge in [0.05, 0.1) is 27.4 Å². The van der Waals surface area contributed by atoms with Crippen molar-refractivity contribution in [1.29, 1.82) is 0 Å². The molecule has 3 N–H and O–H groups in total. The highest BCUT2D eigenvalue weighted by Crippen LogP contribution is 2.39. The van der Waals surface area contributed by atoms with Crippen molar-refractivity contribution in [2.75, 3.05) is 34.4 Å². The second-order valence-electron chi connectivity index (χ2n) is 5.59. The summed E-state index contributed by atoms with van der Waals surface area (Å²) in [5.41, 5.74) is 6.50. The maximum atomic E-state index is 12.1. The maximum Gasteiger partial charge on any atom is 0.249 e. The molecule has 0 unspecified atom stereocenters. The number of hydrogen-bond acceptors (Lipinski definition) is 6. The number of nitrogens with one attached hydrogen (secondary N) is 1. The van der Waals surface area contributed by atoms with E-state index in [1.165, 1.54) is 0 Å². The van der Waals surface area contributed by atoms with Crippen molar-refractivity contribution in [2.24, 2.45) is 5.73 Å². The van der Waals surface area contributed by atoms with Gasteiger partial charge in [0.25, 0.3) is 0 Å². The van der Waals surface area contributed by atoms with Gasteiger partial charge >= 0.3 is 0 Å². The Morgan fingerprint density at radius 2 is 1.96 bits per heavy atom. The molecule has 1 aromatic carbocycles. The number of ether oxygens (including phenoxy) is 4. The van der Waals surface area contributed by atoms with Crippen LogP contribution in [0.4, 0.5) is 0 Å². The van der Waals surface area contributed by atoms with Crippen LogP contribution >= 0.6 is 0 Å². The molecule has 0 radical (unpaired) electrons. The van der Waals surface area contributed by atoms with Gasteiger partial charge in [0.15, 0.2) is 11.5 Å². The fourth-order valence-electron chi connectivity index (χ4n) is 2.87. The molecule has 1 aliphatic heterocycles. The highest BCUT2D eigenvalue weighted by atomic mass is 16.5. The van der Waals surface area contributed by atoms with Crippen LogP contribution in [0.1, 0.15) is 18.4 Å². The molecule has 0 bridgehead atoms. The van der Waals surface area contributed by atoms with Gasteiger partial charge in [-0.15, -0.1) is 0 Å². The van der Waals surface area contributed by atoms with Gasteiger partial charge in [-0.3, -0.25) is 4.79 Å². The van der Waals surface area contributed by atoms with Gasteiger partial charge < -0.3 is 30.0 Å². The van der Waals surface area contributed by atoms with Crippen LogP contribution in [0.5, 0.6) is 17.2 Å². The van der Waals surface area contributed by atoms with E-state index >= 15 is 0 Å². The molecule has 7 nitrogen and oxygen atoms in total. The van der Waals surface area contributed by atoms with E-state index in [0.29, 0.717) is 43.2 Å². The van der Waals surface area contributed by atoms with Crippen molar-refractivity contribution in [2.45, 2.75) is 31.5 Å². The standard InChI is InChI=1S/C17H26N2O5/c1-21-13-6-4-11(15(22-2)16(13)23-3)8-9-19-17(20)14-7-5-12(10-18)24-14/h4,6,12,14H,5,7-10,18H2,1-3H3,(H,19,20)/t12-,14+/m1/s1. The third kappa shape index (κ3) is 4.10. The number of carbonyl (C=O) groups excluding carboxylic acids is 1. The summed E-state index contributed by atoms with van der Waals surface area (Å²) >= 11 is 0. The summed E-state index contributed by atoms with van der Waals surface area (Å²) in [6, 6.07) is 3.73. The van der Waals surface area contributed by atoms with Crippen LogP contribution in [0.15, 0.2) is 12.1 Å². The lowest BCUT2D eigenvalue weighted by molar-refractivity contribution is -0.131. The molecule has 0 saturated carbocycles. The second-order valence-corrected chi connectivity index (χ2v) is 5.59. The summed E-state index contributed by atoms with van der Waals surface area (Å²) in [6.45, 7) is 0.935. The van der Waals surface area contributed by atoms with Gasteiger partial charge in [0.1, 0.15) is 6.10 Å². The third-order valence-corrected chi connectivity index (χ3v) is 4.14. The van der Waals surface area contributed by atoms with Crippen molar-refractivity contribution < 1.29 is 23.7 Å². The van der Waals surface area contributed by atoms with Gasteiger partial charge in [-0.05, 0) is 25.3 Å². The van der Waals surface area contributed by atoms with Crippen LogP contribution in [0.3, 0.4) is 0 Å². The van der Waals surface area contributed by atoms with Crippen LogP contribution in [0, 0.1) is 0 Å². The van der Waals surface area contributed by atoms with Crippen LogP contribution in [0.25, 0.3) is 0 Å². The Morgan fingerprint density at radius 1 is 1.21 bits per heavy atom. The Hall–Kier alpha value is -1.99. The quantitative estimate of drug-likeness (QED) is 0.731. The van der Waals surface area contributed by atoms with E-state index in [0.717, 1.165) is 12.0 Å². The highest BCUT2D eigenvalue weighted by Gasteiger charge is 2.29. The van der Waals surface area contributed by atoms with E-state index in [1.807, 2.05) is 12.1 Å². The summed E-state index contributed by atoms with van der Waals surface area (Å²) in [5.74, 6) is 1.68. The molecule has 1 aromatic rings. The Balaban J connectivity index is 1.93. The molecule has 7 heteroatoms. The number of carbonyl (C=O) groups is 1. The Bertz CT molecular complexity index is 564. The minimum Gasteiger partial charge on any atom is -0.493 e. The average Bonchev–Trinajstić information content (AvgIpc) is 3.10. The summed E-state index contributed by atoms with van der Waals surface area (Å²) in [7, 11) is 4.73. The fourth-order valence-corrected chi connectivity index (χ4v) is 2.87. The molecule has 0 spiro atoms. The predicted octanol–water partition coefficient (Wildman–Crippen LogP) is 0.877. The molecule has 2 atom stereocenters. The molecule has 134 valence electrons. The van der Waals surface area contributed by atoms with Crippen LogP contribution in [0.2, 0.25) is 0 Å². The molecule has 0 aromatic heterocycles. The van der Waals surface area contributed by atoms with Crippen LogP contribution < -0.4 is 25.3 Å². The summed E-state index contributed by atoms with van der Waals surface area (Å²) in [5, 5.41) is 2.90. The molecule has 24 heavy (non-hydrogen) atoms. The molecule has 1 saturated heterocycles. The summed E-state index contributed by atoms with van der Waals surface area (Å²) < 4.78 is 21.7. The van der Waals surface area contributed by atoms with Crippen LogP contribution in [-0.2, 0) is 16.0 Å². The van der Waals surface area contributed by atoms with Gasteiger partial charge in [-0.25, -0.2) is 0 Å². The van der Waals surface area contributed by atoms with E-state index in [-0.39, 0.29) is 12.0 Å². The fraction of sp³-hybridized carbons (Fsp3) is 0.588. The lowest BCUT2D eigenvalue weighted by Gasteiger charge is -2.16. The first-order chi connectivity index (χ1) is 11.6. The first kappa shape index (κ1) is 18.4. The van der Waals surface area contributed by atoms with Gasteiger partial charge in [0.2, 0.25) is 11.7 Å². The van der Waals surface area contributed by atoms with Crippen LogP contribution in [-0.4, -0.2) is 52.5 Å². The maximum absolute atomic E-state index is 12.1. The first-order valence-electron chi connectivity index (χ1n) is 8.05. The SMILES string of the molecule is COc1ccc(CCNC(=O)[C@@H]2CC[C@H](CN)O2)c(OC)c1OC. The minimum atomic E-state index is -0.397. The molecular weight excluding hydrogens is 312 g/mol. The molecule has 1 fully saturated rings. The van der Waals surface area contributed by atoms with Crippen molar-refractivity contribution in [3.05, 3.63) is 17.7 Å². The van der Waals surface area contributed by atoms with E-state index in [4.69, 9.17) is 24.7 Å². The highest BCUT2D eigenvalue weighted by molar-refractivity contribution is 5.81. The van der Waals surface area contributed by atoms with Crippen molar-refractivity contribution >= 4 is 5.91 Å². The zero-order valence-corrected chi connectivity index (χ0v) is 14.5. The van der Waals surface area contributed by atoms with Gasteiger partial charge in [-0.1, -0.05) is 6.07 Å². The third-order valence-electron chi connectivity index (χ3n) is 4.14. The smallest absolute Gasteiger partial charge is 0.249 e. The molecule has 1 heterocycles. The van der Waals surface area contributed by atoms with E-state index in [1.54, 1.807) is 21.3 Å². The Morgan fingerprint density at radius 3 is 2.54 bits per heavy atom. The molecule has 0 aliphatic carbocycles. The minimum absolute atomic E-state index is 0.00769. The number of benzene rings is 1. The predicted molar refractivity (Wildman–Crippen MR) is 89.8 cm³/mol. The molecule has 2 rings (SSSR count). The van der Waals surface area contributed by atoms with Crippen molar-refractivity contribution in [3.63, 3.8) is 0 Å². The molecule has 1 aliphatic rings. The number of methoxy groups -OCH3 is 3.